The van der Waals surface area contributed by atoms with Gasteiger partial charge in [0.15, 0.2) is 5.69 Å². The third-order valence-corrected chi connectivity index (χ3v) is 4.16. The van der Waals surface area contributed by atoms with Crippen LogP contribution in [0.4, 0.5) is 0 Å². The van der Waals surface area contributed by atoms with Crippen molar-refractivity contribution in [1.82, 2.24) is 15.1 Å². The molecule has 1 saturated carbocycles. The van der Waals surface area contributed by atoms with Crippen molar-refractivity contribution < 1.29 is 14.6 Å². The Balaban J connectivity index is 1.66. The molecule has 6 nitrogen and oxygen atoms in total. The Morgan fingerprint density at radius 1 is 1.22 bits per heavy atom. The summed E-state index contributed by atoms with van der Waals surface area (Å²) in [6.07, 6.45) is 1.84. The van der Waals surface area contributed by atoms with Gasteiger partial charge in [0.2, 0.25) is 0 Å². The van der Waals surface area contributed by atoms with Crippen LogP contribution in [0.25, 0.3) is 0 Å². The number of amides is 1. The summed E-state index contributed by atoms with van der Waals surface area (Å²) < 4.78 is 5.84. The maximum absolute atomic E-state index is 12.4. The van der Waals surface area contributed by atoms with Gasteiger partial charge in [0.25, 0.3) is 5.91 Å². The predicted molar refractivity (Wildman–Crippen MR) is 84.0 cm³/mol. The highest BCUT2D eigenvalue weighted by molar-refractivity contribution is 5.92. The predicted octanol–water partition coefficient (Wildman–Crippen LogP) is 1.52. The third kappa shape index (κ3) is 3.32. The van der Waals surface area contributed by atoms with Gasteiger partial charge in [-0.25, -0.2) is 0 Å². The van der Waals surface area contributed by atoms with Gasteiger partial charge >= 0.3 is 0 Å². The summed E-state index contributed by atoms with van der Waals surface area (Å²) in [5.74, 6) is 0.475. The van der Waals surface area contributed by atoms with Gasteiger partial charge in [0.1, 0.15) is 18.0 Å². The fourth-order valence-corrected chi connectivity index (χ4v) is 2.90. The van der Waals surface area contributed by atoms with E-state index < -0.39 is 6.10 Å². The highest BCUT2D eigenvalue weighted by atomic mass is 16.5. The fourth-order valence-electron chi connectivity index (χ4n) is 2.90. The van der Waals surface area contributed by atoms with Crippen LogP contribution in [0.1, 0.15) is 23.3 Å². The van der Waals surface area contributed by atoms with Crippen LogP contribution < -0.4 is 4.74 Å². The van der Waals surface area contributed by atoms with E-state index in [2.05, 4.69) is 10.2 Å². The van der Waals surface area contributed by atoms with Crippen LogP contribution in [-0.4, -0.2) is 51.4 Å². The third-order valence-electron chi connectivity index (χ3n) is 4.16. The lowest BCUT2D eigenvalue weighted by Crippen LogP contribution is -2.45. The Morgan fingerprint density at radius 2 is 2.00 bits per heavy atom. The van der Waals surface area contributed by atoms with Crippen molar-refractivity contribution in [3.8, 4) is 5.75 Å². The smallest absolute Gasteiger partial charge is 0.274 e. The van der Waals surface area contributed by atoms with Gasteiger partial charge in [-0.05, 0) is 37.1 Å². The van der Waals surface area contributed by atoms with E-state index in [1.807, 2.05) is 30.3 Å². The van der Waals surface area contributed by atoms with E-state index in [1.54, 1.807) is 19.2 Å². The summed E-state index contributed by atoms with van der Waals surface area (Å²) in [5.41, 5.74) is 0.273. The highest BCUT2D eigenvalue weighted by Crippen LogP contribution is 2.28. The normalized spacial score (nSPS) is 23.5. The molecule has 0 unspecified atom stereocenters. The van der Waals surface area contributed by atoms with Crippen molar-refractivity contribution in [3.63, 3.8) is 0 Å². The minimum atomic E-state index is -0.735. The number of carbonyl (C=O) groups excluding carboxylic acids is 1. The number of hydrogen-bond acceptors (Lipinski definition) is 5. The molecule has 1 aliphatic carbocycles. The Labute approximate surface area is 134 Å². The quantitative estimate of drug-likeness (QED) is 0.926. The van der Waals surface area contributed by atoms with Crippen LogP contribution in [0.3, 0.4) is 0 Å². The lowest BCUT2D eigenvalue weighted by Gasteiger charge is -2.28. The van der Waals surface area contributed by atoms with E-state index in [0.717, 1.165) is 5.75 Å². The number of aromatic nitrogens is 2. The van der Waals surface area contributed by atoms with Crippen molar-refractivity contribution in [2.75, 3.05) is 7.05 Å². The first-order chi connectivity index (χ1) is 11.2. The number of likely N-dealkylation sites (N-methyl/N-ethyl adjacent to an activating group) is 1. The monoisotopic (exact) mass is 313 g/mol. The first-order valence-corrected chi connectivity index (χ1v) is 7.61. The van der Waals surface area contributed by atoms with Crippen LogP contribution in [0.5, 0.6) is 5.75 Å². The summed E-state index contributed by atoms with van der Waals surface area (Å²) in [6.45, 7) is 0. The molecule has 1 N–H and O–H groups in total. The highest BCUT2D eigenvalue weighted by Gasteiger charge is 2.40. The van der Waals surface area contributed by atoms with Crippen molar-refractivity contribution in [2.45, 2.75) is 31.1 Å². The molecule has 0 bridgehead atoms. The van der Waals surface area contributed by atoms with E-state index in [9.17, 15) is 9.90 Å². The summed E-state index contributed by atoms with van der Waals surface area (Å²) in [5, 5.41) is 18.1. The van der Waals surface area contributed by atoms with Crippen LogP contribution in [0, 0.1) is 0 Å². The minimum absolute atomic E-state index is 0.248. The molecule has 0 aliphatic heterocycles. The lowest BCUT2D eigenvalue weighted by molar-refractivity contribution is 0.0164. The first kappa shape index (κ1) is 15.4. The molecular weight excluding hydrogens is 294 g/mol. The second kappa shape index (κ2) is 6.75. The molecule has 23 heavy (non-hydrogen) atoms. The van der Waals surface area contributed by atoms with Crippen LogP contribution in [0.2, 0.25) is 0 Å². The molecular formula is C17H19N3O3. The molecule has 3 atom stereocenters. The van der Waals surface area contributed by atoms with Gasteiger partial charge in [0, 0.05) is 13.2 Å². The molecule has 0 spiro atoms. The number of hydrogen-bond donors (Lipinski definition) is 1. The van der Waals surface area contributed by atoms with Crippen LogP contribution >= 0.6 is 0 Å². The van der Waals surface area contributed by atoms with Gasteiger partial charge in [-0.3, -0.25) is 4.79 Å². The molecule has 1 heterocycles. The second-order valence-electron chi connectivity index (χ2n) is 5.63. The summed E-state index contributed by atoms with van der Waals surface area (Å²) in [4.78, 5) is 13.9. The minimum Gasteiger partial charge on any atom is -0.488 e. The Bertz CT molecular complexity index is 651. The Kier molecular flexibility index (Phi) is 4.52. The molecule has 1 amide bonds. The molecule has 2 aromatic rings. The number of aliphatic hydroxyl groups excluding tert-OH is 1. The first-order valence-electron chi connectivity index (χ1n) is 7.61. The van der Waals surface area contributed by atoms with Crippen molar-refractivity contribution in [1.29, 1.82) is 0 Å². The number of para-hydroxylation sites is 1. The van der Waals surface area contributed by atoms with Gasteiger partial charge < -0.3 is 14.7 Å². The molecule has 1 aliphatic rings. The number of rotatable bonds is 4. The SMILES string of the molecule is CN(C(=O)c1cccnn1)[C@@H]1CC[C@H](Oc2ccccc2)[C@H]1O. The molecule has 6 heteroatoms. The lowest BCUT2D eigenvalue weighted by atomic mass is 10.1. The zero-order valence-corrected chi connectivity index (χ0v) is 12.9. The molecule has 120 valence electrons. The second-order valence-corrected chi connectivity index (χ2v) is 5.63. The summed E-state index contributed by atoms with van der Waals surface area (Å²) in [6, 6.07) is 12.4. The molecule has 0 saturated heterocycles. The van der Waals surface area contributed by atoms with Crippen LogP contribution in [0.15, 0.2) is 48.7 Å². The van der Waals surface area contributed by atoms with Gasteiger partial charge in [-0.2, -0.15) is 5.10 Å². The molecule has 1 fully saturated rings. The van der Waals surface area contributed by atoms with E-state index in [1.165, 1.54) is 11.1 Å². The summed E-state index contributed by atoms with van der Waals surface area (Å²) in [7, 11) is 1.68. The van der Waals surface area contributed by atoms with E-state index in [0.29, 0.717) is 12.8 Å². The standard InChI is InChI=1S/C17H19N3O3/c1-20(17(22)13-8-5-11-18-19-13)14-9-10-15(16(14)21)23-12-6-3-2-4-7-12/h2-8,11,14-16,21H,9-10H2,1H3/t14-,15+,16+/m1/s1. The largest absolute Gasteiger partial charge is 0.488 e. The maximum Gasteiger partial charge on any atom is 0.274 e. The molecule has 0 radical (unpaired) electrons. The zero-order chi connectivity index (χ0) is 16.2. The molecule has 1 aromatic carbocycles. The van der Waals surface area contributed by atoms with Crippen molar-refractivity contribution in [2.24, 2.45) is 0 Å². The summed E-state index contributed by atoms with van der Waals surface area (Å²) >= 11 is 0. The van der Waals surface area contributed by atoms with E-state index in [-0.39, 0.29) is 23.7 Å². The Morgan fingerprint density at radius 3 is 2.70 bits per heavy atom. The average Bonchev–Trinajstić information content (AvgIpc) is 2.96. The number of carbonyl (C=O) groups is 1. The topological polar surface area (TPSA) is 75.6 Å². The van der Waals surface area contributed by atoms with Gasteiger partial charge in [-0.15, -0.1) is 5.10 Å². The average molecular weight is 313 g/mol. The Hall–Kier alpha value is -2.47. The fraction of sp³-hybridized carbons (Fsp3) is 0.353. The number of nitrogens with zero attached hydrogens (tertiary/aromatic N) is 3. The maximum atomic E-state index is 12.4. The number of benzene rings is 1. The van der Waals surface area contributed by atoms with E-state index >= 15 is 0 Å². The van der Waals surface area contributed by atoms with Crippen molar-refractivity contribution in [3.05, 3.63) is 54.4 Å². The zero-order valence-electron chi connectivity index (χ0n) is 12.9. The van der Waals surface area contributed by atoms with Crippen LogP contribution in [-0.2, 0) is 0 Å². The van der Waals surface area contributed by atoms with E-state index in [4.69, 9.17) is 4.74 Å². The molecule has 3 rings (SSSR count). The number of aliphatic hydroxyl groups is 1. The molecule has 1 aromatic heterocycles. The number of ether oxygens (including phenoxy) is 1. The van der Waals surface area contributed by atoms with Crippen molar-refractivity contribution >= 4 is 5.91 Å². The van der Waals surface area contributed by atoms with Gasteiger partial charge in [0.05, 0.1) is 6.04 Å². The van der Waals surface area contributed by atoms with Gasteiger partial charge in [-0.1, -0.05) is 18.2 Å².